The highest BCUT2D eigenvalue weighted by Gasteiger charge is 2.39. The third-order valence-corrected chi connectivity index (χ3v) is 6.12. The number of aliphatic hydroxyl groups excluding tert-OH is 1. The van der Waals surface area contributed by atoms with E-state index in [1.807, 2.05) is 78.9 Å². The highest BCUT2D eigenvalue weighted by atomic mass is 16.6. The number of ether oxygens (including phenoxy) is 3. The lowest BCUT2D eigenvalue weighted by molar-refractivity contribution is -0.386. The molecule has 0 aromatic heterocycles. The van der Waals surface area contributed by atoms with E-state index in [9.17, 15) is 15.2 Å². The van der Waals surface area contributed by atoms with E-state index in [2.05, 4.69) is 0 Å². The molecule has 0 aliphatic heterocycles. The van der Waals surface area contributed by atoms with Crippen LogP contribution in [0.25, 0.3) is 0 Å². The van der Waals surface area contributed by atoms with E-state index in [0.717, 1.165) is 16.7 Å². The first kappa shape index (κ1) is 24.9. The zero-order valence-corrected chi connectivity index (χ0v) is 20.0. The van der Waals surface area contributed by atoms with Crippen LogP contribution in [0, 0.1) is 10.1 Å². The van der Waals surface area contributed by atoms with Gasteiger partial charge in [-0.25, -0.2) is 0 Å². The first-order chi connectivity index (χ1) is 17.5. The lowest BCUT2D eigenvalue weighted by atomic mass is 9.80. The molecule has 0 radical (unpaired) electrons. The summed E-state index contributed by atoms with van der Waals surface area (Å²) < 4.78 is 17.3. The van der Waals surface area contributed by atoms with Gasteiger partial charge in [0.1, 0.15) is 23.2 Å². The maximum absolute atomic E-state index is 11.5. The molecule has 1 unspecified atom stereocenters. The Bertz CT molecular complexity index is 1240. The molecule has 36 heavy (non-hydrogen) atoms. The average Bonchev–Trinajstić information content (AvgIpc) is 2.94. The Hall–Kier alpha value is -4.20. The molecule has 0 bridgehead atoms. The fourth-order valence-electron chi connectivity index (χ4n) is 4.30. The minimum absolute atomic E-state index is 0.159. The van der Waals surface area contributed by atoms with Crippen molar-refractivity contribution in [1.29, 1.82) is 0 Å². The number of hydrogen-bond donors (Lipinski definition) is 1. The van der Waals surface area contributed by atoms with Crippen molar-refractivity contribution in [2.75, 3.05) is 20.8 Å². The summed E-state index contributed by atoms with van der Waals surface area (Å²) in [7, 11) is 3.20. The largest absolute Gasteiger partial charge is 0.497 e. The van der Waals surface area contributed by atoms with Crippen LogP contribution in [-0.2, 0) is 10.3 Å². The molecular weight excluding hydrogens is 458 g/mol. The van der Waals surface area contributed by atoms with Gasteiger partial charge in [-0.1, -0.05) is 66.7 Å². The van der Waals surface area contributed by atoms with Crippen molar-refractivity contribution in [3.8, 4) is 11.5 Å². The minimum atomic E-state index is -1.23. The highest BCUT2D eigenvalue weighted by Crippen LogP contribution is 2.42. The molecule has 1 atom stereocenters. The SMILES string of the molecule is COc1ccc(C(OCC(O)c2ccccc2[N+](=O)[O-])(c2ccccc2)c2ccc(OC)cc2)cc1. The average molecular weight is 486 g/mol. The van der Waals surface area contributed by atoms with Crippen molar-refractivity contribution >= 4 is 5.69 Å². The fourth-order valence-corrected chi connectivity index (χ4v) is 4.30. The van der Waals surface area contributed by atoms with Gasteiger partial charge in [-0.15, -0.1) is 0 Å². The number of rotatable bonds is 10. The van der Waals surface area contributed by atoms with Crippen molar-refractivity contribution in [2.45, 2.75) is 11.7 Å². The number of nitrogens with zero attached hydrogens (tertiary/aromatic N) is 1. The van der Waals surface area contributed by atoms with Gasteiger partial charge in [0.2, 0.25) is 0 Å². The van der Waals surface area contributed by atoms with Crippen LogP contribution in [0.5, 0.6) is 11.5 Å². The number of aliphatic hydroxyl groups is 1. The molecular formula is C29H27NO6. The third kappa shape index (κ3) is 4.93. The van der Waals surface area contributed by atoms with Crippen molar-refractivity contribution < 1.29 is 24.2 Å². The topological polar surface area (TPSA) is 91.1 Å². The normalized spacial score (nSPS) is 12.1. The predicted octanol–water partition coefficient (Wildman–Crippen LogP) is 5.65. The molecule has 0 aliphatic carbocycles. The maximum Gasteiger partial charge on any atom is 0.275 e. The van der Waals surface area contributed by atoms with Crippen molar-refractivity contribution in [1.82, 2.24) is 0 Å². The van der Waals surface area contributed by atoms with Crippen molar-refractivity contribution in [3.05, 3.63) is 135 Å². The Morgan fingerprint density at radius 1 is 0.750 bits per heavy atom. The van der Waals surface area contributed by atoms with Gasteiger partial charge >= 0.3 is 0 Å². The number of nitro groups is 1. The van der Waals surface area contributed by atoms with Crippen molar-refractivity contribution in [3.63, 3.8) is 0 Å². The molecule has 1 N–H and O–H groups in total. The molecule has 0 saturated carbocycles. The standard InChI is InChI=1S/C29H27NO6/c1-34-24-16-12-22(13-17-24)29(21-8-4-3-5-9-21,23-14-18-25(35-2)19-15-23)36-20-28(31)26-10-6-7-11-27(26)30(32)33/h3-19,28,31H,20H2,1-2H3. The van der Waals surface area contributed by atoms with Gasteiger partial charge in [-0.3, -0.25) is 10.1 Å². The van der Waals surface area contributed by atoms with E-state index in [-0.39, 0.29) is 17.9 Å². The molecule has 0 fully saturated rings. The first-order valence-corrected chi connectivity index (χ1v) is 11.4. The van der Waals surface area contributed by atoms with E-state index in [1.54, 1.807) is 26.4 Å². The summed E-state index contributed by atoms with van der Waals surface area (Å²) in [5, 5.41) is 22.6. The van der Waals surface area contributed by atoms with Gasteiger partial charge in [0.05, 0.1) is 31.3 Å². The molecule has 0 spiro atoms. The highest BCUT2D eigenvalue weighted by molar-refractivity contribution is 5.50. The van der Waals surface area contributed by atoms with E-state index in [4.69, 9.17) is 14.2 Å². The van der Waals surface area contributed by atoms with Crippen LogP contribution in [0.15, 0.2) is 103 Å². The molecule has 0 aliphatic rings. The summed E-state index contributed by atoms with van der Waals surface area (Å²) in [6, 6.07) is 30.8. The van der Waals surface area contributed by atoms with Crippen LogP contribution in [-0.4, -0.2) is 30.9 Å². The van der Waals surface area contributed by atoms with Gasteiger partial charge < -0.3 is 19.3 Å². The Morgan fingerprint density at radius 3 is 1.72 bits per heavy atom. The summed E-state index contributed by atoms with van der Waals surface area (Å²) in [4.78, 5) is 11.0. The lowest BCUT2D eigenvalue weighted by Gasteiger charge is -2.36. The van der Waals surface area contributed by atoms with Gasteiger partial charge in [0.25, 0.3) is 5.69 Å². The number of nitro benzene ring substituents is 1. The second kappa shape index (κ2) is 11.0. The first-order valence-electron chi connectivity index (χ1n) is 11.4. The van der Waals surface area contributed by atoms with Crippen LogP contribution in [0.4, 0.5) is 5.69 Å². The molecule has 4 aromatic carbocycles. The van der Waals surface area contributed by atoms with E-state index in [0.29, 0.717) is 11.5 Å². The van der Waals surface area contributed by atoms with Gasteiger partial charge in [0.15, 0.2) is 0 Å². The maximum atomic E-state index is 11.5. The molecule has 0 amide bonds. The molecule has 7 nitrogen and oxygen atoms in total. The van der Waals surface area contributed by atoms with Gasteiger partial charge in [-0.2, -0.15) is 0 Å². The van der Waals surface area contributed by atoms with E-state index < -0.39 is 16.6 Å². The van der Waals surface area contributed by atoms with Gasteiger partial charge in [0, 0.05) is 6.07 Å². The molecule has 184 valence electrons. The Kier molecular flexibility index (Phi) is 7.63. The van der Waals surface area contributed by atoms with Crippen LogP contribution >= 0.6 is 0 Å². The summed E-state index contributed by atoms with van der Waals surface area (Å²) in [5.74, 6) is 1.38. The number of benzene rings is 4. The predicted molar refractivity (Wildman–Crippen MR) is 136 cm³/mol. The summed E-state index contributed by atoms with van der Waals surface area (Å²) in [5.41, 5.74) is 1.32. The van der Waals surface area contributed by atoms with Crippen LogP contribution in [0.3, 0.4) is 0 Å². The molecule has 7 heteroatoms. The summed E-state index contributed by atoms with van der Waals surface area (Å²) in [6.07, 6.45) is -1.23. The number of para-hydroxylation sites is 1. The fraction of sp³-hybridized carbons (Fsp3) is 0.172. The van der Waals surface area contributed by atoms with Crippen LogP contribution < -0.4 is 9.47 Å². The molecule has 0 saturated heterocycles. The summed E-state index contributed by atoms with van der Waals surface area (Å²) in [6.45, 7) is -0.197. The lowest BCUT2D eigenvalue weighted by Crippen LogP contribution is -2.34. The summed E-state index contributed by atoms with van der Waals surface area (Å²) >= 11 is 0. The third-order valence-electron chi connectivity index (χ3n) is 6.12. The minimum Gasteiger partial charge on any atom is -0.497 e. The monoisotopic (exact) mass is 485 g/mol. The van der Waals surface area contributed by atoms with Crippen LogP contribution in [0.2, 0.25) is 0 Å². The Morgan fingerprint density at radius 2 is 1.22 bits per heavy atom. The quantitative estimate of drug-likeness (QED) is 0.177. The van der Waals surface area contributed by atoms with Gasteiger partial charge in [-0.05, 0) is 47.0 Å². The Labute approximate surface area is 209 Å². The second-order valence-corrected chi connectivity index (χ2v) is 8.15. The van der Waals surface area contributed by atoms with Crippen molar-refractivity contribution in [2.24, 2.45) is 0 Å². The molecule has 4 aromatic rings. The second-order valence-electron chi connectivity index (χ2n) is 8.15. The van der Waals surface area contributed by atoms with E-state index >= 15 is 0 Å². The van der Waals surface area contributed by atoms with Crippen LogP contribution in [0.1, 0.15) is 28.4 Å². The smallest absolute Gasteiger partial charge is 0.275 e. The molecule has 0 heterocycles. The number of methoxy groups -OCH3 is 2. The Balaban J connectivity index is 1.85. The zero-order valence-electron chi connectivity index (χ0n) is 20.0. The van der Waals surface area contributed by atoms with E-state index in [1.165, 1.54) is 12.1 Å². The zero-order chi connectivity index (χ0) is 25.5. The number of hydrogen-bond acceptors (Lipinski definition) is 6. The molecule has 4 rings (SSSR count).